The maximum atomic E-state index is 12.5. The summed E-state index contributed by atoms with van der Waals surface area (Å²) in [5, 5.41) is 11.6. The van der Waals surface area contributed by atoms with Crippen LogP contribution in [0.1, 0.15) is 22.3 Å². The Labute approximate surface area is 156 Å². The summed E-state index contributed by atoms with van der Waals surface area (Å²) >= 11 is 0. The molecule has 1 N–H and O–H groups in total. The maximum Gasteiger partial charge on any atom is 0.339 e. The zero-order valence-corrected chi connectivity index (χ0v) is 14.6. The number of hydrogen-bond donors (Lipinski definition) is 1. The van der Waals surface area contributed by atoms with E-state index in [9.17, 15) is 14.4 Å². The quantitative estimate of drug-likeness (QED) is 0.841. The highest BCUT2D eigenvalue weighted by molar-refractivity contribution is 6.07. The van der Waals surface area contributed by atoms with Crippen molar-refractivity contribution < 1.29 is 19.1 Å². The topological polar surface area (TPSA) is 99.5 Å². The summed E-state index contributed by atoms with van der Waals surface area (Å²) < 4.78 is 4.76. The molecule has 7 heteroatoms. The first kappa shape index (κ1) is 18.1. The van der Waals surface area contributed by atoms with E-state index < -0.39 is 11.9 Å². The lowest BCUT2D eigenvalue weighted by Crippen LogP contribution is -2.29. The minimum atomic E-state index is -0.543. The molecule has 1 unspecified atom stereocenters. The van der Waals surface area contributed by atoms with E-state index in [1.165, 1.54) is 12.0 Å². The molecule has 7 nitrogen and oxygen atoms in total. The molecule has 0 spiro atoms. The number of nitriles is 1. The smallest absolute Gasteiger partial charge is 0.339 e. The van der Waals surface area contributed by atoms with E-state index in [-0.39, 0.29) is 30.3 Å². The van der Waals surface area contributed by atoms with Crippen molar-refractivity contribution in [2.24, 2.45) is 5.92 Å². The third kappa shape index (κ3) is 3.80. The number of nitrogens with one attached hydrogen (secondary N) is 1. The molecule has 1 heterocycles. The van der Waals surface area contributed by atoms with E-state index in [4.69, 9.17) is 10.00 Å². The van der Waals surface area contributed by atoms with Gasteiger partial charge >= 0.3 is 5.97 Å². The van der Waals surface area contributed by atoms with E-state index in [0.717, 1.165) is 0 Å². The Morgan fingerprint density at radius 2 is 1.89 bits per heavy atom. The van der Waals surface area contributed by atoms with Crippen LogP contribution in [0.4, 0.5) is 11.4 Å². The van der Waals surface area contributed by atoms with Crippen molar-refractivity contribution in [3.63, 3.8) is 0 Å². The second-order valence-corrected chi connectivity index (χ2v) is 6.09. The summed E-state index contributed by atoms with van der Waals surface area (Å²) in [6, 6.07) is 15.1. The van der Waals surface area contributed by atoms with Crippen molar-refractivity contribution in [2.75, 3.05) is 23.9 Å². The Kier molecular flexibility index (Phi) is 5.18. The summed E-state index contributed by atoms with van der Waals surface area (Å²) in [4.78, 5) is 38.4. The van der Waals surface area contributed by atoms with E-state index in [1.54, 1.807) is 48.5 Å². The number of benzene rings is 2. The Bertz CT molecular complexity index is 931. The Morgan fingerprint density at radius 3 is 2.56 bits per heavy atom. The summed E-state index contributed by atoms with van der Waals surface area (Å²) in [6.07, 6.45) is 0.0532. The monoisotopic (exact) mass is 363 g/mol. The fourth-order valence-corrected chi connectivity index (χ4v) is 2.98. The number of carbonyl (C=O) groups is 3. The standard InChI is InChI=1S/C20H17N3O4/c1-27-20(26)16-4-2-3-5-17(16)23-12-14(10-18(23)24)19(25)22-15-8-6-13(11-21)7-9-15/h2-9,14H,10,12H2,1H3,(H,22,25). The molecule has 2 aromatic rings. The predicted molar refractivity (Wildman–Crippen MR) is 98.0 cm³/mol. The van der Waals surface area contributed by atoms with Gasteiger partial charge in [0.05, 0.1) is 35.9 Å². The van der Waals surface area contributed by atoms with Crippen LogP contribution in [-0.4, -0.2) is 31.4 Å². The molecule has 27 heavy (non-hydrogen) atoms. The predicted octanol–water partition coefficient (Wildman–Crippen LogP) is 2.34. The molecule has 0 bridgehead atoms. The molecule has 2 aromatic carbocycles. The molecule has 0 aliphatic carbocycles. The average molecular weight is 363 g/mol. The molecule has 3 rings (SSSR count). The third-order valence-electron chi connectivity index (χ3n) is 4.38. The van der Waals surface area contributed by atoms with Gasteiger partial charge in [-0.1, -0.05) is 12.1 Å². The number of amides is 2. The lowest BCUT2D eigenvalue weighted by Gasteiger charge is -2.19. The first-order valence-corrected chi connectivity index (χ1v) is 8.32. The van der Waals surface area contributed by atoms with Gasteiger partial charge in [-0.05, 0) is 36.4 Å². The van der Waals surface area contributed by atoms with Crippen LogP contribution in [-0.2, 0) is 14.3 Å². The summed E-state index contributed by atoms with van der Waals surface area (Å²) in [6.45, 7) is 0.176. The van der Waals surface area contributed by atoms with E-state index in [0.29, 0.717) is 16.9 Å². The zero-order chi connectivity index (χ0) is 19.4. The largest absolute Gasteiger partial charge is 0.465 e. The number of esters is 1. The summed E-state index contributed by atoms with van der Waals surface area (Å²) in [7, 11) is 1.28. The normalized spacial score (nSPS) is 15.9. The van der Waals surface area contributed by atoms with Crippen LogP contribution in [0.5, 0.6) is 0 Å². The lowest BCUT2D eigenvalue weighted by molar-refractivity contribution is -0.122. The molecular formula is C20H17N3O4. The molecule has 1 saturated heterocycles. The van der Waals surface area contributed by atoms with Crippen LogP contribution in [0.15, 0.2) is 48.5 Å². The van der Waals surface area contributed by atoms with Gasteiger partial charge in [-0.3, -0.25) is 9.59 Å². The molecule has 0 radical (unpaired) electrons. The first-order chi connectivity index (χ1) is 13.0. The molecule has 1 fully saturated rings. The Hall–Kier alpha value is -3.66. The number of hydrogen-bond acceptors (Lipinski definition) is 5. The van der Waals surface area contributed by atoms with Crippen molar-refractivity contribution in [3.05, 3.63) is 59.7 Å². The third-order valence-corrected chi connectivity index (χ3v) is 4.38. The number of rotatable bonds is 4. The lowest BCUT2D eigenvalue weighted by atomic mass is 10.1. The van der Waals surface area contributed by atoms with Crippen LogP contribution in [0.3, 0.4) is 0 Å². The number of methoxy groups -OCH3 is 1. The van der Waals surface area contributed by atoms with Gasteiger partial charge < -0.3 is 15.0 Å². The minimum absolute atomic E-state index is 0.0532. The van der Waals surface area contributed by atoms with Gasteiger partial charge in [0.25, 0.3) is 0 Å². The second-order valence-electron chi connectivity index (χ2n) is 6.09. The molecule has 2 amide bonds. The number of anilines is 2. The number of nitrogens with zero attached hydrogens (tertiary/aromatic N) is 2. The zero-order valence-electron chi connectivity index (χ0n) is 14.6. The second kappa shape index (κ2) is 7.70. The molecular weight excluding hydrogens is 346 g/mol. The van der Waals surface area contributed by atoms with Gasteiger partial charge in [-0.25, -0.2) is 4.79 Å². The SMILES string of the molecule is COC(=O)c1ccccc1N1CC(C(=O)Nc2ccc(C#N)cc2)CC1=O. The highest BCUT2D eigenvalue weighted by atomic mass is 16.5. The van der Waals surface area contributed by atoms with Crippen LogP contribution in [0.25, 0.3) is 0 Å². The average Bonchev–Trinajstić information content (AvgIpc) is 3.09. The molecule has 136 valence electrons. The van der Waals surface area contributed by atoms with Crippen molar-refractivity contribution in [1.82, 2.24) is 0 Å². The van der Waals surface area contributed by atoms with Gasteiger partial charge in [0.2, 0.25) is 11.8 Å². The Balaban J connectivity index is 1.74. The van der Waals surface area contributed by atoms with Crippen molar-refractivity contribution in [3.8, 4) is 6.07 Å². The van der Waals surface area contributed by atoms with Crippen LogP contribution in [0.2, 0.25) is 0 Å². The van der Waals surface area contributed by atoms with Gasteiger partial charge in [0.1, 0.15) is 0 Å². The van der Waals surface area contributed by atoms with Gasteiger partial charge in [0, 0.05) is 18.7 Å². The van der Waals surface area contributed by atoms with Gasteiger partial charge in [0.15, 0.2) is 0 Å². The number of carbonyl (C=O) groups excluding carboxylic acids is 3. The van der Waals surface area contributed by atoms with E-state index >= 15 is 0 Å². The molecule has 1 aliphatic rings. The van der Waals surface area contributed by atoms with Crippen molar-refractivity contribution in [2.45, 2.75) is 6.42 Å². The van der Waals surface area contributed by atoms with Crippen LogP contribution in [0, 0.1) is 17.2 Å². The van der Waals surface area contributed by atoms with E-state index in [2.05, 4.69) is 5.32 Å². The van der Waals surface area contributed by atoms with Gasteiger partial charge in [-0.15, -0.1) is 0 Å². The number of ether oxygens (including phenoxy) is 1. The van der Waals surface area contributed by atoms with Crippen molar-refractivity contribution in [1.29, 1.82) is 5.26 Å². The fourth-order valence-electron chi connectivity index (χ4n) is 2.98. The van der Waals surface area contributed by atoms with Crippen LogP contribution < -0.4 is 10.2 Å². The maximum absolute atomic E-state index is 12.5. The highest BCUT2D eigenvalue weighted by Crippen LogP contribution is 2.29. The fraction of sp³-hybridized carbons (Fsp3) is 0.200. The highest BCUT2D eigenvalue weighted by Gasteiger charge is 2.36. The van der Waals surface area contributed by atoms with Crippen molar-refractivity contribution >= 4 is 29.2 Å². The first-order valence-electron chi connectivity index (χ1n) is 8.32. The molecule has 0 saturated carbocycles. The van der Waals surface area contributed by atoms with E-state index in [1.807, 2.05) is 6.07 Å². The van der Waals surface area contributed by atoms with Gasteiger partial charge in [-0.2, -0.15) is 5.26 Å². The molecule has 1 atom stereocenters. The summed E-state index contributed by atoms with van der Waals surface area (Å²) in [5.41, 5.74) is 1.76. The molecule has 0 aromatic heterocycles. The minimum Gasteiger partial charge on any atom is -0.465 e. The Morgan fingerprint density at radius 1 is 1.19 bits per heavy atom. The summed E-state index contributed by atoms with van der Waals surface area (Å²) in [5.74, 6) is -1.60. The van der Waals surface area contributed by atoms with Crippen LogP contribution >= 0.6 is 0 Å². The number of para-hydroxylation sites is 1. The molecule has 1 aliphatic heterocycles.